The molecule has 0 atom stereocenters. The first kappa shape index (κ1) is 67.4. The number of benzene rings is 9. The van der Waals surface area contributed by atoms with E-state index < -0.39 is 19.1 Å². The van der Waals surface area contributed by atoms with Crippen LogP contribution in [0.25, 0.3) is 101 Å². The Labute approximate surface area is 634 Å². The zero-order valence-corrected chi connectivity index (χ0v) is 61.8. The summed E-state index contributed by atoms with van der Waals surface area (Å²) in [5.74, 6) is -0.566. The van der Waals surface area contributed by atoms with Crippen molar-refractivity contribution >= 4 is 0 Å². The van der Waals surface area contributed by atoms with Crippen LogP contribution in [0.5, 0.6) is 0 Å². The molecule has 0 saturated carbocycles. The number of aromatic nitrogens is 6. The molecule has 0 unspecified atom stereocenters. The molecule has 9 aromatic carbocycles. The van der Waals surface area contributed by atoms with E-state index in [4.69, 9.17) is 8.22 Å². The van der Waals surface area contributed by atoms with Crippen LogP contribution in [-0.2, 0) is 66.7 Å². The molecule has 495 valence electrons. The average molecular weight is 1820 g/mol. The standard InChI is InChI=1S/C20H18N.C19H16N.C18H14N.3C11H8N.3Ir/c1-15(2)16-8-10-17(11-9-16)19-12-13-20(21-14-19)18-6-4-3-5-7-18;1-2-15-8-10-16(11-9-15)18-12-13-19(20-14-18)17-6-4-3-5-7-17;1-14-7-9-15(10-8-14)17-11-12-18(19-13-17)16-5-3-2-4-6-16;3*1-2-6-10(7-3-1)11-8-4-5-9-12-11;;;/h3-6,8-15H,1-2H3;3-6,8-14H,2H2,1H3;2-5,7-13H,1H3;3*1-6,8-9H;;;/q6*-1;;;/i15D;2D2;1D3;;;;;;. The molecule has 0 aliphatic rings. The van der Waals surface area contributed by atoms with Crippen LogP contribution >= 0.6 is 0 Å². The molecule has 15 aromatic rings. The Morgan fingerprint density at radius 3 is 0.788 bits per heavy atom. The van der Waals surface area contributed by atoms with E-state index in [0.717, 1.165) is 106 Å². The molecule has 0 fully saturated rings. The number of aryl methyl sites for hydroxylation is 2. The molecule has 0 saturated heterocycles. The predicted molar refractivity (Wildman–Crippen MR) is 396 cm³/mol. The van der Waals surface area contributed by atoms with E-state index >= 15 is 0 Å². The minimum Gasteiger partial charge on any atom is -0.305 e. The molecule has 0 amide bonds. The SMILES string of the molecule is [2H]C(C)(C)c1ccc(-c2ccc(-c3[c-]cccc3)nc2)cc1.[2H]C([2H])(C)c1ccc(-c2ccc(-c3[c-]cccc3)nc2)cc1.[2H]C([2H])([2H])c1ccc(-c2ccc(-c3[c-]cccc3)nc2)cc1.[Ir].[Ir].[Ir].[c-]1ccccc1-c1ccccn1.[c-]1ccccc1-c1ccccn1.[c-]1ccccc1-c1ccccn1. The van der Waals surface area contributed by atoms with Gasteiger partial charge in [0.2, 0.25) is 0 Å². The molecule has 3 radical (unpaired) electrons. The van der Waals surface area contributed by atoms with E-state index in [1.807, 2.05) is 305 Å². The van der Waals surface area contributed by atoms with Crippen molar-refractivity contribution in [3.63, 3.8) is 0 Å². The number of hydrogen-bond donors (Lipinski definition) is 0. The van der Waals surface area contributed by atoms with Crippen LogP contribution < -0.4 is 0 Å². The topological polar surface area (TPSA) is 77.3 Å². The molecule has 6 aromatic heterocycles. The van der Waals surface area contributed by atoms with E-state index in [1.54, 1.807) is 43.8 Å². The molecule has 15 rings (SSSR count). The summed E-state index contributed by atoms with van der Waals surface area (Å²) in [5, 5.41) is 0. The molecule has 0 bridgehead atoms. The molecule has 0 aliphatic heterocycles. The fourth-order valence-electron chi connectivity index (χ4n) is 9.54. The van der Waals surface area contributed by atoms with Crippen molar-refractivity contribution in [1.82, 2.24) is 29.9 Å². The fraction of sp³-hybridized carbons (Fsp3) is 0.0667. The van der Waals surface area contributed by atoms with Crippen LogP contribution in [0.2, 0.25) is 0 Å². The van der Waals surface area contributed by atoms with Gasteiger partial charge in [-0.2, -0.15) is 0 Å². The first-order valence-electron chi connectivity index (χ1n) is 34.3. The summed E-state index contributed by atoms with van der Waals surface area (Å²) in [7, 11) is 0. The minimum atomic E-state index is -2.07. The second kappa shape index (κ2) is 41.8. The minimum absolute atomic E-state index is 0. The van der Waals surface area contributed by atoms with E-state index in [-0.39, 0.29) is 60.3 Å². The van der Waals surface area contributed by atoms with Crippen molar-refractivity contribution in [2.75, 3.05) is 0 Å². The first-order chi connectivity index (χ1) is 49.5. The summed E-state index contributed by atoms with van der Waals surface area (Å²) in [6.45, 7) is 3.29. The van der Waals surface area contributed by atoms with E-state index in [9.17, 15) is 0 Å². The van der Waals surface area contributed by atoms with E-state index in [1.165, 1.54) is 0 Å². The summed E-state index contributed by atoms with van der Waals surface area (Å²) >= 11 is 0. The Morgan fingerprint density at radius 1 is 0.303 bits per heavy atom. The monoisotopic (exact) mass is 1820 g/mol. The summed E-state index contributed by atoms with van der Waals surface area (Å²) in [6.07, 6.45) is 9.57. The third-order valence-corrected chi connectivity index (χ3v) is 14.7. The Hall–Kier alpha value is -10.2. The number of rotatable bonds is 11. The second-order valence-corrected chi connectivity index (χ2v) is 21.6. The molecular weight excluding hydrogens is 1740 g/mol. The third kappa shape index (κ3) is 24.1. The molecular formula is C90H72Ir3N6-6. The molecule has 99 heavy (non-hydrogen) atoms. The van der Waals surface area contributed by atoms with Crippen LogP contribution in [0.3, 0.4) is 0 Å². The molecule has 0 aliphatic carbocycles. The largest absolute Gasteiger partial charge is 0.305 e. The maximum Gasteiger partial charge on any atom is 0.0347 e. The number of hydrogen-bond acceptors (Lipinski definition) is 6. The van der Waals surface area contributed by atoms with Crippen LogP contribution in [0.15, 0.2) is 347 Å². The van der Waals surface area contributed by atoms with Gasteiger partial charge in [-0.25, -0.2) is 0 Å². The predicted octanol–water partition coefficient (Wildman–Crippen LogP) is 22.3. The van der Waals surface area contributed by atoms with Gasteiger partial charge in [0.25, 0.3) is 0 Å². The normalized spacial score (nSPS) is 11.2. The quantitative estimate of drug-likeness (QED) is 0.120. The number of nitrogens with zero attached hydrogens (tertiary/aromatic N) is 6. The van der Waals surface area contributed by atoms with Crippen LogP contribution in [0.4, 0.5) is 0 Å². The van der Waals surface area contributed by atoms with Crippen molar-refractivity contribution in [2.24, 2.45) is 0 Å². The maximum atomic E-state index is 8.06. The molecule has 6 heterocycles. The molecule has 0 N–H and O–H groups in total. The van der Waals surface area contributed by atoms with Gasteiger partial charge in [0.1, 0.15) is 0 Å². The molecule has 0 spiro atoms. The zero-order chi connectivity index (χ0) is 71.4. The Morgan fingerprint density at radius 2 is 0.566 bits per heavy atom. The Kier molecular flexibility index (Phi) is 28.5. The van der Waals surface area contributed by atoms with Gasteiger partial charge in [0.05, 0.1) is 0 Å². The fourth-order valence-corrected chi connectivity index (χ4v) is 9.54. The van der Waals surface area contributed by atoms with E-state index in [2.05, 4.69) is 84.5 Å². The maximum absolute atomic E-state index is 8.06. The van der Waals surface area contributed by atoms with Gasteiger partial charge in [0.15, 0.2) is 0 Å². The van der Waals surface area contributed by atoms with Crippen molar-refractivity contribution in [3.8, 4) is 101 Å². The summed E-state index contributed by atoms with van der Waals surface area (Å²) in [5.41, 5.74) is 19.8. The number of pyridine rings is 6. The second-order valence-electron chi connectivity index (χ2n) is 21.6. The first-order valence-corrected chi connectivity index (χ1v) is 31.3. The van der Waals surface area contributed by atoms with Crippen molar-refractivity contribution in [1.29, 1.82) is 0 Å². The van der Waals surface area contributed by atoms with Crippen LogP contribution in [0, 0.1) is 43.3 Å². The van der Waals surface area contributed by atoms with E-state index in [0.29, 0.717) is 11.1 Å². The van der Waals surface area contributed by atoms with Crippen molar-refractivity contribution in [3.05, 3.63) is 400 Å². The van der Waals surface area contributed by atoms with Gasteiger partial charge in [-0.3, -0.25) is 0 Å². The van der Waals surface area contributed by atoms with Crippen molar-refractivity contribution in [2.45, 2.75) is 39.9 Å². The van der Waals surface area contributed by atoms with Gasteiger partial charge in [-0.05, 0) is 116 Å². The summed E-state index contributed by atoms with van der Waals surface area (Å²) in [4.78, 5) is 26.1. The van der Waals surface area contributed by atoms with Gasteiger partial charge in [-0.15, -0.1) is 215 Å². The molecule has 9 heteroatoms. The van der Waals surface area contributed by atoms with Gasteiger partial charge in [-0.1, -0.05) is 172 Å². The van der Waals surface area contributed by atoms with Crippen LogP contribution in [-0.4, -0.2) is 29.9 Å². The summed E-state index contributed by atoms with van der Waals surface area (Å²) in [6, 6.07) is 118. The van der Waals surface area contributed by atoms with Gasteiger partial charge in [0, 0.05) is 106 Å². The molecule has 6 nitrogen and oxygen atoms in total. The average Bonchev–Trinajstić information content (AvgIpc) is 0.833. The van der Waals surface area contributed by atoms with Gasteiger partial charge < -0.3 is 29.9 Å². The zero-order valence-electron chi connectivity index (χ0n) is 60.6. The third-order valence-electron chi connectivity index (χ3n) is 14.7. The van der Waals surface area contributed by atoms with Crippen molar-refractivity contribution < 1.29 is 68.5 Å². The Balaban J connectivity index is 0.000000179. The Bertz CT molecular complexity index is 4260. The summed E-state index contributed by atoms with van der Waals surface area (Å²) < 4.78 is 45.7. The van der Waals surface area contributed by atoms with Gasteiger partial charge >= 0.3 is 0 Å². The van der Waals surface area contributed by atoms with Crippen LogP contribution in [0.1, 0.15) is 51.6 Å². The smallest absolute Gasteiger partial charge is 0.0347 e.